The van der Waals surface area contributed by atoms with E-state index in [-0.39, 0.29) is 5.58 Å². The summed E-state index contributed by atoms with van der Waals surface area (Å²) >= 11 is 0. The van der Waals surface area contributed by atoms with E-state index in [1.807, 2.05) is 30.3 Å². The molecule has 2 aromatic carbocycles. The van der Waals surface area contributed by atoms with E-state index < -0.39 is 5.82 Å². The number of benzene rings is 2. The topological polar surface area (TPSA) is 67.3 Å². The molecule has 0 aliphatic carbocycles. The lowest BCUT2D eigenvalue weighted by molar-refractivity contribution is 0.431. The Morgan fingerprint density at radius 2 is 2.07 bits per heavy atom. The van der Waals surface area contributed by atoms with Gasteiger partial charge in [0.1, 0.15) is 5.52 Å². The molecule has 1 N–H and O–H groups in total. The lowest BCUT2D eigenvalue weighted by Crippen LogP contribution is -2.21. The molecule has 5 rings (SSSR count). The molecule has 152 valence electrons. The third-order valence-corrected chi connectivity index (χ3v) is 5.49. The monoisotopic (exact) mass is 404 g/mol. The molecule has 0 amide bonds. The molecule has 0 radical (unpaired) electrons. The number of rotatable bonds is 6. The normalized spacial score (nSPS) is 16.3. The first-order chi connectivity index (χ1) is 14.7. The highest BCUT2D eigenvalue weighted by Crippen LogP contribution is 2.32. The zero-order chi connectivity index (χ0) is 20.5. The molecule has 0 bridgehead atoms. The third-order valence-electron chi connectivity index (χ3n) is 5.49. The highest BCUT2D eigenvalue weighted by Gasteiger charge is 2.26. The molecule has 1 saturated heterocycles. The number of anilines is 1. The summed E-state index contributed by atoms with van der Waals surface area (Å²) < 4.78 is 24.8. The molecule has 1 fully saturated rings. The van der Waals surface area contributed by atoms with Gasteiger partial charge in [-0.1, -0.05) is 48.1 Å². The maximum absolute atomic E-state index is 13.8. The van der Waals surface area contributed by atoms with E-state index in [9.17, 15) is 4.39 Å². The van der Waals surface area contributed by atoms with Crippen LogP contribution in [0.4, 0.5) is 10.4 Å². The van der Waals surface area contributed by atoms with Crippen molar-refractivity contribution in [3.8, 4) is 11.3 Å². The van der Waals surface area contributed by atoms with E-state index in [1.54, 1.807) is 18.3 Å². The van der Waals surface area contributed by atoms with E-state index in [1.165, 1.54) is 6.07 Å². The van der Waals surface area contributed by atoms with Crippen LogP contribution < -0.4 is 5.32 Å². The lowest BCUT2D eigenvalue weighted by Gasteiger charge is -2.21. The predicted octanol–water partition coefficient (Wildman–Crippen LogP) is 5.03. The first kappa shape index (κ1) is 18.4. The molecule has 0 saturated carbocycles. The summed E-state index contributed by atoms with van der Waals surface area (Å²) in [5, 5.41) is 7.19. The van der Waals surface area contributed by atoms with E-state index in [2.05, 4.69) is 26.9 Å². The molecule has 1 aliphatic heterocycles. The Bertz CT molecular complexity index is 1180. The average molecular weight is 404 g/mol. The summed E-state index contributed by atoms with van der Waals surface area (Å²) in [6.45, 7) is 6.72. The second-order valence-electron chi connectivity index (χ2n) is 7.47. The number of oxazole rings is 1. The molecule has 4 aromatic rings. The first-order valence-corrected chi connectivity index (χ1v) is 9.92. The number of hydrogen-bond donors (Lipinski definition) is 1. The Balaban J connectivity index is 1.23. The van der Waals surface area contributed by atoms with Crippen LogP contribution in [-0.4, -0.2) is 34.7 Å². The van der Waals surface area contributed by atoms with Crippen LogP contribution >= 0.6 is 0 Å². The minimum Gasteiger partial charge on any atom is -0.420 e. The largest absolute Gasteiger partial charge is 0.420 e. The second kappa shape index (κ2) is 7.67. The molecular weight excluding hydrogens is 383 g/mol. The summed E-state index contributed by atoms with van der Waals surface area (Å²) in [6, 6.07) is 15.0. The number of nitrogens with one attached hydrogen (secondary N) is 1. The Morgan fingerprint density at radius 1 is 1.20 bits per heavy atom. The number of hydrogen-bond acceptors (Lipinski definition) is 6. The highest BCUT2D eigenvalue weighted by molar-refractivity contribution is 5.76. The molecule has 0 spiro atoms. The smallest absolute Gasteiger partial charge is 0.295 e. The number of aromatic nitrogens is 2. The highest BCUT2D eigenvalue weighted by atomic mass is 19.1. The molecule has 6 nitrogen and oxygen atoms in total. The van der Waals surface area contributed by atoms with Gasteiger partial charge in [0.05, 0.1) is 11.8 Å². The van der Waals surface area contributed by atoms with Crippen molar-refractivity contribution in [3.63, 3.8) is 0 Å². The summed E-state index contributed by atoms with van der Waals surface area (Å²) in [5.74, 6) is 0.719. The van der Waals surface area contributed by atoms with E-state index in [0.29, 0.717) is 24.0 Å². The quantitative estimate of drug-likeness (QED) is 0.486. The molecule has 3 heterocycles. The van der Waals surface area contributed by atoms with Gasteiger partial charge in [-0.2, -0.15) is 4.98 Å². The molecule has 0 unspecified atom stereocenters. The number of para-hydroxylation sites is 1. The van der Waals surface area contributed by atoms with Crippen molar-refractivity contribution in [3.05, 3.63) is 72.7 Å². The minimum atomic E-state index is -0.403. The van der Waals surface area contributed by atoms with Gasteiger partial charge < -0.3 is 19.2 Å². The van der Waals surface area contributed by atoms with Crippen molar-refractivity contribution >= 4 is 22.8 Å². The summed E-state index contributed by atoms with van der Waals surface area (Å²) in [5.41, 5.74) is 3.49. The molecule has 2 aromatic heterocycles. The molecular formula is C23H21FN4O2. The minimum absolute atomic E-state index is 0.183. The fourth-order valence-electron chi connectivity index (χ4n) is 3.88. The van der Waals surface area contributed by atoms with Crippen molar-refractivity contribution in [1.29, 1.82) is 0 Å². The van der Waals surface area contributed by atoms with E-state index >= 15 is 0 Å². The van der Waals surface area contributed by atoms with Crippen LogP contribution in [0.2, 0.25) is 0 Å². The van der Waals surface area contributed by atoms with Crippen molar-refractivity contribution in [2.24, 2.45) is 5.92 Å². The standard InChI is InChI=1S/C23H21FN4O2/c1-15(18-13-26-30-21(18)17-6-3-2-4-7-17)28-11-10-16(14-28)12-25-23-27-20-9-5-8-19(24)22(20)29-23/h2-9,13,16H,1,10-12,14H2,(H,25,27)/t16-/m0/s1. The van der Waals surface area contributed by atoms with Crippen LogP contribution in [0.5, 0.6) is 0 Å². The van der Waals surface area contributed by atoms with Crippen molar-refractivity contribution in [2.75, 3.05) is 25.0 Å². The van der Waals surface area contributed by atoms with Gasteiger partial charge in [0.15, 0.2) is 17.2 Å². The number of halogens is 1. The van der Waals surface area contributed by atoms with Gasteiger partial charge in [-0.25, -0.2) is 4.39 Å². The maximum atomic E-state index is 13.8. The zero-order valence-electron chi connectivity index (χ0n) is 16.3. The van der Waals surface area contributed by atoms with Crippen LogP contribution in [0.15, 0.2) is 70.2 Å². The van der Waals surface area contributed by atoms with Crippen LogP contribution in [0, 0.1) is 11.7 Å². The van der Waals surface area contributed by atoms with Gasteiger partial charge >= 0.3 is 0 Å². The molecule has 1 aliphatic rings. The van der Waals surface area contributed by atoms with E-state index in [0.717, 1.165) is 42.1 Å². The van der Waals surface area contributed by atoms with Crippen LogP contribution in [-0.2, 0) is 0 Å². The average Bonchev–Trinajstić information content (AvgIpc) is 3.51. The lowest BCUT2D eigenvalue weighted by atomic mass is 10.1. The summed E-state index contributed by atoms with van der Waals surface area (Å²) in [4.78, 5) is 6.55. The van der Waals surface area contributed by atoms with Gasteiger partial charge in [-0.3, -0.25) is 0 Å². The fraction of sp³-hybridized carbons (Fsp3) is 0.217. The van der Waals surface area contributed by atoms with Crippen molar-refractivity contribution in [1.82, 2.24) is 15.0 Å². The SMILES string of the molecule is C=C(c1cnoc1-c1ccccc1)N1CC[C@@H](CNc2nc3cccc(F)c3o2)C1. The Hall–Kier alpha value is -3.61. The van der Waals surface area contributed by atoms with Crippen LogP contribution in [0.25, 0.3) is 28.1 Å². The van der Waals surface area contributed by atoms with E-state index in [4.69, 9.17) is 8.94 Å². The predicted molar refractivity (Wildman–Crippen MR) is 113 cm³/mol. The van der Waals surface area contributed by atoms with Gasteiger partial charge in [-0.05, 0) is 24.5 Å². The summed E-state index contributed by atoms with van der Waals surface area (Å²) in [6.07, 6.45) is 2.73. The van der Waals surface area contributed by atoms with Gasteiger partial charge in [-0.15, -0.1) is 0 Å². The Kier molecular flexibility index (Phi) is 4.71. The molecule has 7 heteroatoms. The van der Waals surface area contributed by atoms with Gasteiger partial charge in [0.2, 0.25) is 0 Å². The Morgan fingerprint density at radius 3 is 2.90 bits per heavy atom. The summed E-state index contributed by atoms with van der Waals surface area (Å²) in [7, 11) is 0. The van der Waals surface area contributed by atoms with Crippen molar-refractivity contribution < 1.29 is 13.3 Å². The molecule has 30 heavy (non-hydrogen) atoms. The third kappa shape index (κ3) is 3.43. The van der Waals surface area contributed by atoms with Crippen molar-refractivity contribution in [2.45, 2.75) is 6.42 Å². The maximum Gasteiger partial charge on any atom is 0.295 e. The van der Waals surface area contributed by atoms with Crippen LogP contribution in [0.3, 0.4) is 0 Å². The zero-order valence-corrected chi connectivity index (χ0v) is 16.3. The van der Waals surface area contributed by atoms with Crippen LogP contribution in [0.1, 0.15) is 12.0 Å². The number of fused-ring (bicyclic) bond motifs is 1. The fourth-order valence-corrected chi connectivity index (χ4v) is 3.88. The second-order valence-corrected chi connectivity index (χ2v) is 7.47. The first-order valence-electron chi connectivity index (χ1n) is 9.92. The number of nitrogens with zero attached hydrogens (tertiary/aromatic N) is 3. The van der Waals surface area contributed by atoms with Gasteiger partial charge in [0.25, 0.3) is 6.01 Å². The molecule has 1 atom stereocenters. The Labute approximate surface area is 173 Å². The number of likely N-dealkylation sites (tertiary alicyclic amines) is 1. The van der Waals surface area contributed by atoms with Gasteiger partial charge in [0, 0.05) is 30.9 Å².